The fraction of sp³-hybridized carbons (Fsp3) is 0.760. The minimum absolute atomic E-state index is 0.0270. The summed E-state index contributed by atoms with van der Waals surface area (Å²) in [6.07, 6.45) is 12.2. The normalized spacial score (nSPS) is 22.1. The van der Waals surface area contributed by atoms with Gasteiger partial charge in [0.05, 0.1) is 6.61 Å². The van der Waals surface area contributed by atoms with Crippen LogP contribution in [0.15, 0.2) is 12.1 Å². The van der Waals surface area contributed by atoms with Gasteiger partial charge >= 0.3 is 0 Å². The van der Waals surface area contributed by atoms with Crippen molar-refractivity contribution in [3.8, 4) is 5.75 Å². The second-order valence-corrected chi connectivity index (χ2v) is 8.98. The molecule has 28 heavy (non-hydrogen) atoms. The lowest BCUT2D eigenvalue weighted by Gasteiger charge is -2.33. The molecule has 1 aromatic rings. The lowest BCUT2D eigenvalue weighted by atomic mass is 9.72. The van der Waals surface area contributed by atoms with E-state index in [1.807, 2.05) is 0 Å². The first-order chi connectivity index (χ1) is 13.5. The molecule has 160 valence electrons. The summed E-state index contributed by atoms with van der Waals surface area (Å²) in [5.41, 5.74) is 0.539. The van der Waals surface area contributed by atoms with Gasteiger partial charge in [0.1, 0.15) is 0 Å². The van der Waals surface area contributed by atoms with Crippen LogP contribution < -0.4 is 4.74 Å². The first-order valence-electron chi connectivity index (χ1n) is 11.6. The van der Waals surface area contributed by atoms with Crippen LogP contribution in [-0.4, -0.2) is 6.61 Å². The molecule has 3 heteroatoms. The quantitative estimate of drug-likeness (QED) is 0.343. The van der Waals surface area contributed by atoms with Gasteiger partial charge in [-0.1, -0.05) is 65.4 Å². The molecule has 1 fully saturated rings. The van der Waals surface area contributed by atoms with E-state index in [2.05, 4.69) is 20.8 Å². The van der Waals surface area contributed by atoms with Gasteiger partial charge in [-0.15, -0.1) is 0 Å². The van der Waals surface area contributed by atoms with Crippen molar-refractivity contribution in [3.63, 3.8) is 0 Å². The van der Waals surface area contributed by atoms with Gasteiger partial charge in [0.2, 0.25) is 5.82 Å². The zero-order valence-electron chi connectivity index (χ0n) is 18.4. The van der Waals surface area contributed by atoms with Gasteiger partial charge in [0, 0.05) is 0 Å². The predicted octanol–water partition coefficient (Wildman–Crippen LogP) is 8.27. The maximum Gasteiger partial charge on any atom is 0.200 e. The molecule has 0 saturated heterocycles. The second-order valence-electron chi connectivity index (χ2n) is 8.98. The molecule has 0 N–H and O–H groups in total. The summed E-state index contributed by atoms with van der Waals surface area (Å²) in [5.74, 6) is 0.924. The van der Waals surface area contributed by atoms with Gasteiger partial charge in [0.25, 0.3) is 0 Å². The number of halogens is 2. The maximum absolute atomic E-state index is 14.5. The van der Waals surface area contributed by atoms with Crippen LogP contribution in [0.1, 0.15) is 103 Å². The predicted molar refractivity (Wildman–Crippen MR) is 114 cm³/mol. The number of ether oxygens (including phenoxy) is 1. The molecule has 1 aliphatic carbocycles. The van der Waals surface area contributed by atoms with Crippen molar-refractivity contribution in [2.24, 2.45) is 17.8 Å². The van der Waals surface area contributed by atoms with Crippen molar-refractivity contribution in [1.82, 2.24) is 0 Å². The highest BCUT2D eigenvalue weighted by atomic mass is 19.2. The Morgan fingerprint density at radius 1 is 0.929 bits per heavy atom. The highest BCUT2D eigenvalue weighted by Crippen LogP contribution is 2.42. The SMILES string of the molecule is CCCCCC(C)CCC(C)C1CCC(c2ccc(OCC)c(F)c2F)CC1. The van der Waals surface area contributed by atoms with E-state index in [1.165, 1.54) is 38.5 Å². The Balaban J connectivity index is 1.81. The number of unbranched alkanes of at least 4 members (excludes halogenated alkanes) is 2. The van der Waals surface area contributed by atoms with Crippen LogP contribution >= 0.6 is 0 Å². The molecular formula is C25H40F2O. The zero-order valence-corrected chi connectivity index (χ0v) is 18.4. The smallest absolute Gasteiger partial charge is 0.200 e. The molecule has 2 unspecified atom stereocenters. The van der Waals surface area contributed by atoms with Crippen LogP contribution in [0.25, 0.3) is 0 Å². The minimum atomic E-state index is -0.827. The summed E-state index contributed by atoms with van der Waals surface area (Å²) in [6, 6.07) is 3.32. The highest BCUT2D eigenvalue weighted by molar-refractivity contribution is 5.33. The Morgan fingerprint density at radius 2 is 1.64 bits per heavy atom. The van der Waals surface area contributed by atoms with Crippen LogP contribution in [0.4, 0.5) is 8.78 Å². The Bertz CT molecular complexity index is 578. The van der Waals surface area contributed by atoms with Crippen molar-refractivity contribution in [2.75, 3.05) is 6.61 Å². The largest absolute Gasteiger partial charge is 0.491 e. The Labute approximate surface area is 171 Å². The maximum atomic E-state index is 14.5. The molecule has 1 saturated carbocycles. The lowest BCUT2D eigenvalue weighted by Crippen LogP contribution is -2.20. The Morgan fingerprint density at radius 3 is 2.29 bits per heavy atom. The van der Waals surface area contributed by atoms with E-state index in [0.29, 0.717) is 12.2 Å². The molecule has 1 aromatic carbocycles. The average molecular weight is 395 g/mol. The summed E-state index contributed by atoms with van der Waals surface area (Å²) in [4.78, 5) is 0. The summed E-state index contributed by atoms with van der Waals surface area (Å²) in [5, 5.41) is 0. The van der Waals surface area contributed by atoms with Gasteiger partial charge in [0.15, 0.2) is 11.6 Å². The topological polar surface area (TPSA) is 9.23 Å². The summed E-state index contributed by atoms with van der Waals surface area (Å²) >= 11 is 0. The molecule has 0 aliphatic heterocycles. The van der Waals surface area contributed by atoms with E-state index < -0.39 is 11.6 Å². The molecule has 0 heterocycles. The van der Waals surface area contributed by atoms with Crippen molar-refractivity contribution in [2.45, 2.75) is 97.8 Å². The lowest BCUT2D eigenvalue weighted by molar-refractivity contribution is 0.222. The van der Waals surface area contributed by atoms with E-state index in [4.69, 9.17) is 4.74 Å². The Kier molecular flexibility index (Phi) is 9.74. The molecule has 1 nitrogen and oxygen atoms in total. The van der Waals surface area contributed by atoms with E-state index in [1.54, 1.807) is 19.1 Å². The van der Waals surface area contributed by atoms with Crippen LogP contribution in [0, 0.1) is 29.4 Å². The molecule has 1 aliphatic rings. The van der Waals surface area contributed by atoms with Crippen LogP contribution in [0.2, 0.25) is 0 Å². The standard InChI is InChI=1S/C25H40F2O/c1-5-7-8-9-18(3)10-11-19(4)20-12-14-21(15-13-20)22-16-17-23(28-6-2)25(27)24(22)26/h16-21H,5-15H2,1-4H3. The number of benzene rings is 1. The fourth-order valence-electron chi connectivity index (χ4n) is 4.80. The Hall–Kier alpha value is -1.12. The molecule has 0 radical (unpaired) electrons. The molecule has 2 atom stereocenters. The van der Waals surface area contributed by atoms with Crippen molar-refractivity contribution >= 4 is 0 Å². The van der Waals surface area contributed by atoms with Gasteiger partial charge in [-0.2, -0.15) is 4.39 Å². The highest BCUT2D eigenvalue weighted by Gasteiger charge is 2.29. The van der Waals surface area contributed by atoms with Crippen molar-refractivity contribution in [1.29, 1.82) is 0 Å². The molecule has 0 amide bonds. The van der Waals surface area contributed by atoms with Gasteiger partial charge < -0.3 is 4.74 Å². The van der Waals surface area contributed by atoms with E-state index in [-0.39, 0.29) is 11.7 Å². The first kappa shape index (κ1) is 23.2. The minimum Gasteiger partial charge on any atom is -0.491 e. The van der Waals surface area contributed by atoms with E-state index >= 15 is 0 Å². The van der Waals surface area contributed by atoms with Crippen molar-refractivity contribution < 1.29 is 13.5 Å². The molecular weight excluding hydrogens is 354 g/mol. The summed E-state index contributed by atoms with van der Waals surface area (Å²) in [6.45, 7) is 9.16. The van der Waals surface area contributed by atoms with Crippen LogP contribution in [-0.2, 0) is 0 Å². The first-order valence-corrected chi connectivity index (χ1v) is 11.6. The average Bonchev–Trinajstić information content (AvgIpc) is 2.70. The summed E-state index contributed by atoms with van der Waals surface area (Å²) < 4.78 is 33.9. The van der Waals surface area contributed by atoms with E-state index in [0.717, 1.165) is 43.4 Å². The third kappa shape index (κ3) is 6.46. The fourth-order valence-corrected chi connectivity index (χ4v) is 4.80. The van der Waals surface area contributed by atoms with E-state index in [9.17, 15) is 8.78 Å². The molecule has 0 spiro atoms. The molecule has 0 bridgehead atoms. The summed E-state index contributed by atoms with van der Waals surface area (Å²) in [7, 11) is 0. The van der Waals surface area contributed by atoms with Crippen molar-refractivity contribution in [3.05, 3.63) is 29.3 Å². The third-order valence-corrected chi connectivity index (χ3v) is 6.81. The molecule has 2 rings (SSSR count). The third-order valence-electron chi connectivity index (χ3n) is 6.81. The molecule has 0 aromatic heterocycles. The zero-order chi connectivity index (χ0) is 20.5. The number of hydrogen-bond acceptors (Lipinski definition) is 1. The van der Waals surface area contributed by atoms with Crippen LogP contribution in [0.3, 0.4) is 0 Å². The second kappa shape index (κ2) is 11.8. The van der Waals surface area contributed by atoms with Gasteiger partial charge in [-0.25, -0.2) is 4.39 Å². The monoisotopic (exact) mass is 394 g/mol. The number of hydrogen-bond donors (Lipinski definition) is 0. The van der Waals surface area contributed by atoms with Crippen LogP contribution in [0.5, 0.6) is 5.75 Å². The number of rotatable bonds is 11. The van der Waals surface area contributed by atoms with Gasteiger partial charge in [-0.05, 0) is 67.9 Å². The van der Waals surface area contributed by atoms with Gasteiger partial charge in [-0.3, -0.25) is 0 Å².